The molecule has 51 heavy (non-hydrogen) atoms. The summed E-state index contributed by atoms with van der Waals surface area (Å²) in [5.74, 6) is 3.89. The van der Waals surface area contributed by atoms with Gasteiger partial charge in [-0.2, -0.15) is 0 Å². The summed E-state index contributed by atoms with van der Waals surface area (Å²) < 4.78 is 2.80. The third-order valence-corrected chi connectivity index (χ3v) is 17.5. The van der Waals surface area contributed by atoms with Crippen molar-refractivity contribution in [2.75, 3.05) is 13.1 Å². The Morgan fingerprint density at radius 3 is 2.08 bits per heavy atom. The van der Waals surface area contributed by atoms with E-state index in [0.717, 1.165) is 72.2 Å². The van der Waals surface area contributed by atoms with E-state index in [1.54, 1.807) is 21.2 Å². The molecule has 0 bridgehead atoms. The van der Waals surface area contributed by atoms with Gasteiger partial charge in [0.2, 0.25) is 5.04 Å². The van der Waals surface area contributed by atoms with Crippen LogP contribution in [-0.2, 0) is 0 Å². The van der Waals surface area contributed by atoms with Crippen molar-refractivity contribution < 1.29 is 4.58 Å². The topological polar surface area (TPSA) is 6.25 Å². The lowest BCUT2D eigenvalue weighted by molar-refractivity contribution is -0.560. The molecule has 8 unspecified atom stereocenters. The molecule has 2 nitrogen and oxygen atoms in total. The standard InChI is InChI=1S/C47H69N2S2/c1-7-48-40-22-20-36-16-9-11-18-38(36)44(40)50-42(48)26-34-24-32(28-46(3,4)30-34)14-13-15-33-25-35(31-47(5,6)29-33)27-43-49(8-2)41-23-21-37-17-10-12-19-39(37)45(41)51-43/h13-15,24-27,36-41,44-45H,7-12,16-23,28-31H2,1-6H3/q+1. The Balaban J connectivity index is 1.01. The number of hydrogen-bond acceptors (Lipinski definition) is 3. The Hall–Kier alpha value is -1.39. The Labute approximate surface area is 320 Å². The maximum Gasteiger partial charge on any atom is 0.235 e. The predicted molar refractivity (Wildman–Crippen MR) is 223 cm³/mol. The Morgan fingerprint density at radius 2 is 1.35 bits per heavy atom. The van der Waals surface area contributed by atoms with Crippen LogP contribution in [0.25, 0.3) is 0 Å². The van der Waals surface area contributed by atoms with Crippen LogP contribution in [0.5, 0.6) is 0 Å². The summed E-state index contributed by atoms with van der Waals surface area (Å²) in [4.78, 5) is 2.80. The Kier molecular flexibility index (Phi) is 10.8. The van der Waals surface area contributed by atoms with Crippen LogP contribution in [0.1, 0.15) is 144 Å². The Bertz CT molecular complexity index is 1550. The lowest BCUT2D eigenvalue weighted by Crippen LogP contribution is -2.45. The highest BCUT2D eigenvalue weighted by Gasteiger charge is 2.51. The fourth-order valence-corrected chi connectivity index (χ4v) is 16.2. The molecule has 1 saturated heterocycles. The average molecular weight is 726 g/mol. The molecule has 0 N–H and O–H groups in total. The Morgan fingerprint density at radius 1 is 0.706 bits per heavy atom. The van der Waals surface area contributed by atoms with Gasteiger partial charge >= 0.3 is 0 Å². The molecule has 8 rings (SSSR count). The second-order valence-electron chi connectivity index (χ2n) is 19.6. The third-order valence-electron chi connectivity index (χ3n) is 14.5. The van der Waals surface area contributed by atoms with Crippen LogP contribution >= 0.6 is 23.5 Å². The molecule has 4 heteroatoms. The fourth-order valence-electron chi connectivity index (χ4n) is 12.5. The summed E-state index contributed by atoms with van der Waals surface area (Å²) in [6.45, 7) is 17.0. The highest BCUT2D eigenvalue weighted by molar-refractivity contribution is 8.14. The van der Waals surface area contributed by atoms with Gasteiger partial charge in [0.15, 0.2) is 6.04 Å². The van der Waals surface area contributed by atoms with E-state index in [9.17, 15) is 0 Å². The first-order chi connectivity index (χ1) is 24.6. The zero-order chi connectivity index (χ0) is 35.3. The molecule has 0 aromatic rings. The molecule has 0 amide bonds. The van der Waals surface area contributed by atoms with Gasteiger partial charge in [0.05, 0.1) is 10.3 Å². The maximum atomic E-state index is 2.80. The van der Waals surface area contributed by atoms with Crippen molar-refractivity contribution in [3.8, 4) is 0 Å². The van der Waals surface area contributed by atoms with Gasteiger partial charge in [0, 0.05) is 30.3 Å². The van der Waals surface area contributed by atoms with Gasteiger partial charge in [0.25, 0.3) is 0 Å². The SMILES string of the molecule is CCN1/C(=C/C2=CC(=C/C=C/C3=CC(=C/C4=[N+](CC)C5CCC6CCCCC6C5S4)/CC(C)(C)C3)/CC(C)(C)C2)SC2C3CCCCC3CCC21. The van der Waals surface area contributed by atoms with Crippen LogP contribution in [0.4, 0.5) is 0 Å². The number of nitrogens with zero attached hydrogens (tertiary/aromatic N) is 2. The zero-order valence-corrected chi connectivity index (χ0v) is 34.7. The highest BCUT2D eigenvalue weighted by atomic mass is 32.2. The molecule has 2 aliphatic heterocycles. The first-order valence-corrected chi connectivity index (χ1v) is 23.3. The number of thioether (sulfide) groups is 2. The van der Waals surface area contributed by atoms with E-state index < -0.39 is 0 Å². The number of rotatable bonds is 6. The van der Waals surface area contributed by atoms with Crippen molar-refractivity contribution in [1.82, 2.24) is 4.90 Å². The molecule has 0 radical (unpaired) electrons. The van der Waals surface area contributed by atoms with Crippen LogP contribution in [0.15, 0.2) is 69.9 Å². The fraction of sp³-hybridized carbons (Fsp3) is 0.723. The van der Waals surface area contributed by atoms with E-state index in [1.165, 1.54) is 101 Å². The summed E-state index contributed by atoms with van der Waals surface area (Å²) in [5.41, 5.74) is 6.66. The first-order valence-electron chi connectivity index (χ1n) is 21.5. The minimum absolute atomic E-state index is 0.292. The van der Waals surface area contributed by atoms with Crippen LogP contribution in [0.3, 0.4) is 0 Å². The van der Waals surface area contributed by atoms with Crippen LogP contribution in [0.2, 0.25) is 0 Å². The van der Waals surface area contributed by atoms with E-state index in [1.807, 2.05) is 0 Å². The summed E-state index contributed by atoms with van der Waals surface area (Å²) in [5, 5.41) is 4.79. The minimum Gasteiger partial charge on any atom is -0.363 e. The molecule has 8 atom stereocenters. The summed E-state index contributed by atoms with van der Waals surface area (Å²) >= 11 is 4.52. The van der Waals surface area contributed by atoms with Crippen LogP contribution in [-0.4, -0.2) is 50.2 Å². The van der Waals surface area contributed by atoms with Gasteiger partial charge < -0.3 is 4.90 Å². The number of hydrogen-bond donors (Lipinski definition) is 0. The second-order valence-corrected chi connectivity index (χ2v) is 22.0. The molecule has 0 aromatic heterocycles. The number of fused-ring (bicyclic) bond motifs is 6. The zero-order valence-electron chi connectivity index (χ0n) is 33.1. The molecular weight excluding hydrogens is 657 g/mol. The lowest BCUT2D eigenvalue weighted by Gasteiger charge is -2.43. The van der Waals surface area contributed by atoms with Gasteiger partial charge in [-0.1, -0.05) is 96.6 Å². The first kappa shape index (κ1) is 36.6. The van der Waals surface area contributed by atoms with Crippen molar-refractivity contribution in [3.63, 3.8) is 0 Å². The van der Waals surface area contributed by atoms with Gasteiger partial charge in [-0.15, -0.1) is 11.8 Å². The minimum atomic E-state index is 0.292. The van der Waals surface area contributed by atoms with E-state index in [0.29, 0.717) is 10.8 Å². The van der Waals surface area contributed by atoms with Crippen LogP contribution in [0, 0.1) is 34.5 Å². The normalized spacial score (nSPS) is 40.0. The van der Waals surface area contributed by atoms with Crippen LogP contribution < -0.4 is 0 Å². The summed E-state index contributed by atoms with van der Waals surface area (Å²) in [6, 6.07) is 1.52. The maximum absolute atomic E-state index is 2.80. The van der Waals surface area contributed by atoms with Gasteiger partial charge in [-0.3, -0.25) is 0 Å². The molecule has 0 aromatic carbocycles. The molecular formula is C47H69N2S2+. The van der Waals surface area contributed by atoms with E-state index >= 15 is 0 Å². The average Bonchev–Trinajstić information content (AvgIpc) is 3.63. The van der Waals surface area contributed by atoms with Crippen molar-refractivity contribution in [1.29, 1.82) is 0 Å². The summed E-state index contributed by atoms with van der Waals surface area (Å²) in [6.07, 6.45) is 39.8. The molecule has 2 heterocycles. The van der Waals surface area contributed by atoms with Crippen molar-refractivity contribution in [3.05, 3.63) is 69.9 Å². The van der Waals surface area contributed by atoms with E-state index in [-0.39, 0.29) is 0 Å². The van der Waals surface area contributed by atoms with E-state index in [4.69, 9.17) is 0 Å². The quantitative estimate of drug-likeness (QED) is 0.252. The molecule has 8 aliphatic rings. The van der Waals surface area contributed by atoms with Gasteiger partial charge in [-0.05, 0) is 146 Å². The van der Waals surface area contributed by atoms with Crippen molar-refractivity contribution in [2.24, 2.45) is 34.5 Å². The third kappa shape index (κ3) is 7.77. The highest BCUT2D eigenvalue weighted by Crippen LogP contribution is 2.54. The molecule has 4 saturated carbocycles. The van der Waals surface area contributed by atoms with Gasteiger partial charge in [-0.25, -0.2) is 4.58 Å². The molecule has 6 aliphatic carbocycles. The predicted octanol–water partition coefficient (Wildman–Crippen LogP) is 12.7. The molecule has 0 spiro atoms. The number of allylic oxidation sites excluding steroid dienone is 10. The second kappa shape index (κ2) is 15.0. The molecule has 278 valence electrons. The van der Waals surface area contributed by atoms with Crippen molar-refractivity contribution >= 4 is 28.6 Å². The molecule has 5 fully saturated rings. The van der Waals surface area contributed by atoms with Crippen molar-refractivity contribution in [2.45, 2.75) is 167 Å². The summed E-state index contributed by atoms with van der Waals surface area (Å²) in [7, 11) is 0. The monoisotopic (exact) mass is 725 g/mol. The van der Waals surface area contributed by atoms with E-state index in [2.05, 4.69) is 117 Å². The smallest absolute Gasteiger partial charge is 0.235 e. The van der Waals surface area contributed by atoms with Gasteiger partial charge in [0.1, 0.15) is 6.54 Å². The largest absolute Gasteiger partial charge is 0.363 e. The lowest BCUT2D eigenvalue weighted by atomic mass is 9.69.